The molecule has 1 amide bonds. The third kappa shape index (κ3) is 3.56. The number of furan rings is 1. The normalized spacial score (nSPS) is 12.4. The fraction of sp³-hybridized carbons (Fsp3) is 0.318. The zero-order valence-corrected chi connectivity index (χ0v) is 17.2. The maximum absolute atomic E-state index is 12.9. The molecule has 156 valence electrons. The molecule has 0 bridgehead atoms. The van der Waals surface area contributed by atoms with E-state index >= 15 is 0 Å². The fourth-order valence-electron chi connectivity index (χ4n) is 3.43. The van der Waals surface area contributed by atoms with Crippen LogP contribution < -0.4 is 15.6 Å². The number of carbonyl (C=O) groups is 1. The van der Waals surface area contributed by atoms with Crippen molar-refractivity contribution in [2.45, 2.75) is 39.8 Å². The molecule has 30 heavy (non-hydrogen) atoms. The van der Waals surface area contributed by atoms with Gasteiger partial charge in [0.1, 0.15) is 23.1 Å². The van der Waals surface area contributed by atoms with Gasteiger partial charge in [-0.25, -0.2) is 4.68 Å². The number of nitrogens with zero attached hydrogens (tertiary/aromatic N) is 3. The lowest BCUT2D eigenvalue weighted by Gasteiger charge is -2.15. The van der Waals surface area contributed by atoms with E-state index in [-0.39, 0.29) is 11.5 Å². The van der Waals surface area contributed by atoms with Gasteiger partial charge in [0, 0.05) is 18.7 Å². The van der Waals surface area contributed by atoms with Gasteiger partial charge in [0.15, 0.2) is 5.58 Å². The molecule has 1 aromatic carbocycles. The lowest BCUT2D eigenvalue weighted by atomic mass is 10.2. The minimum atomic E-state index is -0.755. The molecule has 0 saturated carbocycles. The highest BCUT2D eigenvalue weighted by Gasteiger charge is 2.21. The summed E-state index contributed by atoms with van der Waals surface area (Å²) in [5, 5.41) is 7.24. The molecule has 1 atom stereocenters. The maximum Gasteiger partial charge on any atom is 0.291 e. The molecule has 8 heteroatoms. The van der Waals surface area contributed by atoms with Crippen molar-refractivity contribution in [3.8, 4) is 5.75 Å². The molecular weight excluding hydrogens is 384 g/mol. The lowest BCUT2D eigenvalue weighted by molar-refractivity contribution is -0.124. The number of nitrogens with one attached hydrogen (secondary N) is 1. The molecule has 0 unspecified atom stereocenters. The summed E-state index contributed by atoms with van der Waals surface area (Å²) in [7, 11) is 0. The van der Waals surface area contributed by atoms with Crippen LogP contribution in [0, 0.1) is 6.92 Å². The second kappa shape index (κ2) is 8.06. The van der Waals surface area contributed by atoms with E-state index < -0.39 is 6.04 Å². The van der Waals surface area contributed by atoms with E-state index in [0.717, 1.165) is 23.3 Å². The first-order valence-electron chi connectivity index (χ1n) is 9.97. The zero-order valence-electron chi connectivity index (χ0n) is 17.2. The number of rotatable bonds is 7. The number of amides is 1. The van der Waals surface area contributed by atoms with Crippen LogP contribution in [0.5, 0.6) is 5.75 Å². The van der Waals surface area contributed by atoms with Crippen LogP contribution in [0.4, 0.5) is 0 Å². The summed E-state index contributed by atoms with van der Waals surface area (Å²) >= 11 is 0. The zero-order chi connectivity index (χ0) is 21.3. The Morgan fingerprint density at radius 2 is 2.00 bits per heavy atom. The molecule has 4 rings (SSSR count). The highest BCUT2D eigenvalue weighted by atomic mass is 16.5. The minimum Gasteiger partial charge on any atom is -0.494 e. The van der Waals surface area contributed by atoms with Gasteiger partial charge in [0.05, 0.1) is 18.4 Å². The van der Waals surface area contributed by atoms with E-state index in [1.807, 2.05) is 24.3 Å². The highest BCUT2D eigenvalue weighted by Crippen LogP contribution is 2.20. The maximum atomic E-state index is 12.9. The molecular formula is C22H24N4O4. The Hall–Kier alpha value is -3.55. The number of fused-ring (bicyclic) bond motifs is 3. The van der Waals surface area contributed by atoms with Crippen molar-refractivity contribution in [1.82, 2.24) is 19.5 Å². The average molecular weight is 408 g/mol. The number of benzene rings is 1. The Bertz CT molecular complexity index is 1250. The smallest absolute Gasteiger partial charge is 0.291 e. The number of aryl methyl sites for hydroxylation is 1. The highest BCUT2D eigenvalue weighted by molar-refractivity contribution is 5.83. The van der Waals surface area contributed by atoms with E-state index in [0.29, 0.717) is 30.1 Å². The van der Waals surface area contributed by atoms with Crippen LogP contribution in [-0.2, 0) is 11.3 Å². The Kier molecular flexibility index (Phi) is 5.31. The molecule has 0 aliphatic carbocycles. The largest absolute Gasteiger partial charge is 0.494 e. The van der Waals surface area contributed by atoms with Gasteiger partial charge in [-0.1, -0.05) is 19.1 Å². The minimum absolute atomic E-state index is 0.282. The van der Waals surface area contributed by atoms with Gasteiger partial charge in [0.2, 0.25) is 5.91 Å². The lowest BCUT2D eigenvalue weighted by Crippen LogP contribution is -2.38. The van der Waals surface area contributed by atoms with Gasteiger partial charge in [0.25, 0.3) is 5.56 Å². The van der Waals surface area contributed by atoms with Gasteiger partial charge in [-0.2, -0.15) is 5.10 Å². The van der Waals surface area contributed by atoms with Crippen LogP contribution in [0.3, 0.4) is 0 Å². The fourth-order valence-corrected chi connectivity index (χ4v) is 3.43. The van der Waals surface area contributed by atoms with Crippen LogP contribution in [0.15, 0.2) is 51.9 Å². The quantitative estimate of drug-likeness (QED) is 0.507. The summed E-state index contributed by atoms with van der Waals surface area (Å²) in [6.07, 6.45) is 2.52. The van der Waals surface area contributed by atoms with E-state index in [4.69, 9.17) is 9.15 Å². The molecule has 0 aliphatic rings. The van der Waals surface area contributed by atoms with Crippen molar-refractivity contribution in [2.75, 3.05) is 6.61 Å². The molecule has 8 nitrogen and oxygen atoms in total. The average Bonchev–Trinajstić information content (AvgIpc) is 3.35. The predicted molar refractivity (Wildman–Crippen MR) is 113 cm³/mol. The van der Waals surface area contributed by atoms with Gasteiger partial charge in [-0.3, -0.25) is 14.0 Å². The first-order valence-corrected chi connectivity index (χ1v) is 9.97. The molecule has 0 spiro atoms. The van der Waals surface area contributed by atoms with Gasteiger partial charge in [-0.05, 0) is 38.0 Å². The predicted octanol–water partition coefficient (Wildman–Crippen LogP) is 3.22. The Balaban J connectivity index is 1.50. The Morgan fingerprint density at radius 3 is 2.73 bits per heavy atom. The molecule has 0 aliphatic heterocycles. The standard InChI is InChI=1S/C22H24N4O4/c1-4-10-29-17-7-5-16(6-8-17)13-23-21(27)14(2)26-22(28)19-12-20-18(9-11-30-20)25(19)15(3)24-26/h5-9,11-12,14H,4,10,13H2,1-3H3,(H,23,27)/t14-/m0/s1. The number of aromatic nitrogens is 3. The molecule has 0 saturated heterocycles. The molecule has 4 aromatic rings. The number of carbonyl (C=O) groups excluding carboxylic acids is 1. The topological polar surface area (TPSA) is 90.8 Å². The third-order valence-corrected chi connectivity index (χ3v) is 5.04. The van der Waals surface area contributed by atoms with E-state index in [1.165, 1.54) is 4.68 Å². The second-order valence-electron chi connectivity index (χ2n) is 7.22. The van der Waals surface area contributed by atoms with Crippen molar-refractivity contribution in [2.24, 2.45) is 0 Å². The van der Waals surface area contributed by atoms with Gasteiger partial charge in [-0.15, -0.1) is 0 Å². The summed E-state index contributed by atoms with van der Waals surface area (Å²) in [6, 6.07) is 10.3. The van der Waals surface area contributed by atoms with Crippen molar-refractivity contribution >= 4 is 22.5 Å². The molecule has 1 N–H and O–H groups in total. The first-order chi connectivity index (χ1) is 14.5. The molecule has 3 aromatic heterocycles. The Labute approximate surface area is 173 Å². The second-order valence-corrected chi connectivity index (χ2v) is 7.22. The number of hydrogen-bond donors (Lipinski definition) is 1. The van der Waals surface area contributed by atoms with Crippen LogP contribution >= 0.6 is 0 Å². The van der Waals surface area contributed by atoms with Gasteiger partial charge >= 0.3 is 0 Å². The van der Waals surface area contributed by atoms with E-state index in [2.05, 4.69) is 17.3 Å². The van der Waals surface area contributed by atoms with Crippen molar-refractivity contribution < 1.29 is 13.9 Å². The summed E-state index contributed by atoms with van der Waals surface area (Å²) < 4.78 is 13.9. The monoisotopic (exact) mass is 408 g/mol. The van der Waals surface area contributed by atoms with Crippen LogP contribution in [0.2, 0.25) is 0 Å². The summed E-state index contributed by atoms with van der Waals surface area (Å²) in [5.74, 6) is 1.12. The molecule has 3 heterocycles. The number of ether oxygens (including phenoxy) is 1. The summed E-state index contributed by atoms with van der Waals surface area (Å²) in [6.45, 7) is 6.53. The van der Waals surface area contributed by atoms with E-state index in [9.17, 15) is 9.59 Å². The van der Waals surface area contributed by atoms with Crippen LogP contribution in [0.25, 0.3) is 16.6 Å². The van der Waals surface area contributed by atoms with Crippen molar-refractivity contribution in [3.05, 3.63) is 64.4 Å². The van der Waals surface area contributed by atoms with Crippen LogP contribution in [-0.4, -0.2) is 26.7 Å². The first kappa shape index (κ1) is 19.8. The van der Waals surface area contributed by atoms with E-state index in [1.54, 1.807) is 36.6 Å². The Morgan fingerprint density at radius 1 is 1.23 bits per heavy atom. The van der Waals surface area contributed by atoms with Gasteiger partial charge < -0.3 is 14.5 Å². The number of hydrogen-bond acceptors (Lipinski definition) is 5. The summed E-state index contributed by atoms with van der Waals surface area (Å²) in [4.78, 5) is 25.6. The SMILES string of the molecule is CCCOc1ccc(CNC(=O)[C@H](C)n2nc(C)n3c(cc4occc43)c2=O)cc1. The molecule has 0 radical (unpaired) electrons. The van der Waals surface area contributed by atoms with Crippen molar-refractivity contribution in [1.29, 1.82) is 0 Å². The summed E-state index contributed by atoms with van der Waals surface area (Å²) in [5.41, 5.74) is 2.42. The van der Waals surface area contributed by atoms with Crippen LogP contribution in [0.1, 0.15) is 37.7 Å². The van der Waals surface area contributed by atoms with Crippen molar-refractivity contribution in [3.63, 3.8) is 0 Å². The third-order valence-electron chi connectivity index (χ3n) is 5.04. The molecule has 0 fully saturated rings.